The van der Waals surface area contributed by atoms with Crippen LogP contribution < -0.4 is 10.3 Å². The van der Waals surface area contributed by atoms with Crippen molar-refractivity contribution < 1.29 is 9.26 Å². The highest BCUT2D eigenvalue weighted by Gasteiger charge is 2.12. The molecule has 7 nitrogen and oxygen atoms in total. The lowest BCUT2D eigenvalue weighted by molar-refractivity contribution is 0.363. The van der Waals surface area contributed by atoms with Gasteiger partial charge in [0, 0.05) is 22.2 Å². The van der Waals surface area contributed by atoms with Crippen LogP contribution in [0.15, 0.2) is 70.0 Å². The van der Waals surface area contributed by atoms with E-state index in [9.17, 15) is 4.79 Å². The van der Waals surface area contributed by atoms with E-state index in [0.717, 1.165) is 16.9 Å². The predicted molar refractivity (Wildman–Crippen MR) is 104 cm³/mol. The second-order valence-electron chi connectivity index (χ2n) is 5.96. The van der Waals surface area contributed by atoms with Crippen LogP contribution in [0.5, 0.6) is 5.75 Å². The third-order valence-electron chi connectivity index (χ3n) is 4.11. The normalized spacial score (nSPS) is 10.8. The second-order valence-corrected chi connectivity index (χ2v) is 6.40. The van der Waals surface area contributed by atoms with Crippen LogP contribution in [0.4, 0.5) is 0 Å². The van der Waals surface area contributed by atoms with Crippen molar-refractivity contribution in [2.24, 2.45) is 0 Å². The van der Waals surface area contributed by atoms with Gasteiger partial charge in [0.2, 0.25) is 11.7 Å². The number of aromatic nitrogens is 4. The Balaban J connectivity index is 1.59. The van der Waals surface area contributed by atoms with E-state index in [1.54, 1.807) is 25.3 Å². The van der Waals surface area contributed by atoms with Gasteiger partial charge in [-0.05, 0) is 42.5 Å². The Morgan fingerprint density at radius 1 is 1.00 bits per heavy atom. The number of hydrogen-bond donors (Lipinski definition) is 0. The molecule has 0 radical (unpaired) electrons. The minimum absolute atomic E-state index is 0.0728. The van der Waals surface area contributed by atoms with E-state index in [2.05, 4.69) is 15.2 Å². The van der Waals surface area contributed by atoms with Crippen molar-refractivity contribution in [3.63, 3.8) is 0 Å². The Kier molecular flexibility index (Phi) is 4.90. The van der Waals surface area contributed by atoms with Crippen molar-refractivity contribution in [3.8, 4) is 28.4 Å². The van der Waals surface area contributed by atoms with E-state index < -0.39 is 0 Å². The number of hydrogen-bond acceptors (Lipinski definition) is 6. The van der Waals surface area contributed by atoms with Gasteiger partial charge in [-0.2, -0.15) is 10.1 Å². The highest BCUT2D eigenvalue weighted by Crippen LogP contribution is 2.20. The van der Waals surface area contributed by atoms with Crippen molar-refractivity contribution in [3.05, 3.63) is 81.9 Å². The first kappa shape index (κ1) is 17.9. The van der Waals surface area contributed by atoms with Gasteiger partial charge in [-0.3, -0.25) is 4.79 Å². The number of rotatable bonds is 5. The zero-order valence-electron chi connectivity index (χ0n) is 14.9. The topological polar surface area (TPSA) is 83.0 Å². The maximum Gasteiger partial charge on any atom is 0.267 e. The number of methoxy groups -OCH3 is 1. The molecule has 2 heterocycles. The zero-order chi connectivity index (χ0) is 19.5. The van der Waals surface area contributed by atoms with Crippen molar-refractivity contribution in [1.82, 2.24) is 19.9 Å². The van der Waals surface area contributed by atoms with E-state index in [1.165, 1.54) is 10.7 Å². The Morgan fingerprint density at radius 3 is 2.43 bits per heavy atom. The molecule has 0 amide bonds. The maximum absolute atomic E-state index is 12.2. The summed E-state index contributed by atoms with van der Waals surface area (Å²) in [7, 11) is 1.60. The molecular weight excluding hydrogens is 380 g/mol. The summed E-state index contributed by atoms with van der Waals surface area (Å²) in [5.41, 5.74) is 2.02. The lowest BCUT2D eigenvalue weighted by Crippen LogP contribution is -2.23. The number of nitrogens with zero attached hydrogens (tertiary/aromatic N) is 4. The summed E-state index contributed by atoms with van der Waals surface area (Å²) < 4.78 is 11.7. The van der Waals surface area contributed by atoms with E-state index in [1.807, 2.05) is 36.4 Å². The van der Waals surface area contributed by atoms with Crippen molar-refractivity contribution >= 4 is 11.6 Å². The van der Waals surface area contributed by atoms with Crippen LogP contribution in [0.25, 0.3) is 22.6 Å². The lowest BCUT2D eigenvalue weighted by atomic mass is 10.1. The Bertz CT molecular complexity index is 1150. The Hall–Kier alpha value is -3.45. The molecule has 0 aliphatic heterocycles. The van der Waals surface area contributed by atoms with Gasteiger partial charge < -0.3 is 9.26 Å². The number of ether oxygens (including phenoxy) is 1. The number of benzene rings is 2. The molecule has 4 aromatic rings. The molecule has 140 valence electrons. The molecule has 0 aliphatic rings. The van der Waals surface area contributed by atoms with Crippen molar-refractivity contribution in [2.75, 3.05) is 7.11 Å². The first-order valence-electron chi connectivity index (χ1n) is 8.43. The third-order valence-corrected chi connectivity index (χ3v) is 4.36. The highest BCUT2D eigenvalue weighted by molar-refractivity contribution is 6.30. The van der Waals surface area contributed by atoms with Gasteiger partial charge in [-0.15, -0.1) is 0 Å². The molecule has 0 unspecified atom stereocenters. The second kappa shape index (κ2) is 7.66. The van der Waals surface area contributed by atoms with Gasteiger partial charge in [-0.25, -0.2) is 4.68 Å². The first-order chi connectivity index (χ1) is 13.6. The van der Waals surface area contributed by atoms with Crippen LogP contribution in [-0.4, -0.2) is 27.0 Å². The Labute approximate surface area is 165 Å². The summed E-state index contributed by atoms with van der Waals surface area (Å²) in [6.45, 7) is 0.0728. The molecule has 2 aromatic heterocycles. The lowest BCUT2D eigenvalue weighted by Gasteiger charge is -2.05. The SMILES string of the molecule is COc1ccc(-c2noc(Cn3nc(-c4ccc(Cl)cc4)ccc3=O)n2)cc1. The monoisotopic (exact) mass is 394 g/mol. The van der Waals surface area contributed by atoms with Crippen LogP contribution >= 0.6 is 11.6 Å². The quantitative estimate of drug-likeness (QED) is 0.513. The molecule has 0 saturated heterocycles. The number of halogens is 1. The molecule has 0 saturated carbocycles. The molecule has 28 heavy (non-hydrogen) atoms. The van der Waals surface area contributed by atoms with Crippen LogP contribution in [0.3, 0.4) is 0 Å². The van der Waals surface area contributed by atoms with Gasteiger partial charge >= 0.3 is 0 Å². The van der Waals surface area contributed by atoms with Gasteiger partial charge in [0.1, 0.15) is 12.3 Å². The summed E-state index contributed by atoms with van der Waals surface area (Å²) in [5.74, 6) is 1.45. The average molecular weight is 395 g/mol. The molecule has 0 spiro atoms. The predicted octanol–water partition coefficient (Wildman–Crippen LogP) is 3.67. The molecular formula is C20H15ClN4O3. The largest absolute Gasteiger partial charge is 0.497 e. The average Bonchev–Trinajstić information content (AvgIpc) is 3.19. The molecule has 0 atom stereocenters. The van der Waals surface area contributed by atoms with E-state index in [4.69, 9.17) is 20.9 Å². The Morgan fingerprint density at radius 2 is 1.71 bits per heavy atom. The standard InChI is InChI=1S/C20H15ClN4O3/c1-27-16-8-4-14(5-9-16)20-22-18(28-24-20)12-25-19(26)11-10-17(23-25)13-2-6-15(21)7-3-13/h2-11H,12H2,1H3. The minimum Gasteiger partial charge on any atom is -0.497 e. The van der Waals surface area contributed by atoms with E-state index in [0.29, 0.717) is 16.5 Å². The fraction of sp³-hybridized carbons (Fsp3) is 0.100. The van der Waals surface area contributed by atoms with Gasteiger partial charge in [0.15, 0.2) is 0 Å². The summed E-state index contributed by atoms with van der Waals surface area (Å²) in [6.07, 6.45) is 0. The van der Waals surface area contributed by atoms with Gasteiger partial charge in [0.25, 0.3) is 5.56 Å². The summed E-state index contributed by atoms with van der Waals surface area (Å²) >= 11 is 5.92. The van der Waals surface area contributed by atoms with Crippen LogP contribution in [0.2, 0.25) is 5.02 Å². The third kappa shape index (κ3) is 3.79. The molecule has 0 fully saturated rings. The highest BCUT2D eigenvalue weighted by atomic mass is 35.5. The van der Waals surface area contributed by atoms with Gasteiger partial charge in [0.05, 0.1) is 12.8 Å². The molecule has 8 heteroatoms. The molecule has 0 N–H and O–H groups in total. The van der Waals surface area contributed by atoms with E-state index >= 15 is 0 Å². The van der Waals surface area contributed by atoms with Crippen LogP contribution in [0, 0.1) is 0 Å². The zero-order valence-corrected chi connectivity index (χ0v) is 15.6. The smallest absolute Gasteiger partial charge is 0.267 e. The summed E-state index contributed by atoms with van der Waals surface area (Å²) in [6, 6.07) is 17.6. The van der Waals surface area contributed by atoms with Crippen LogP contribution in [0.1, 0.15) is 5.89 Å². The molecule has 4 rings (SSSR count). The fourth-order valence-electron chi connectivity index (χ4n) is 2.64. The van der Waals surface area contributed by atoms with Gasteiger partial charge in [-0.1, -0.05) is 28.9 Å². The first-order valence-corrected chi connectivity index (χ1v) is 8.81. The minimum atomic E-state index is -0.262. The molecule has 0 aliphatic carbocycles. The van der Waals surface area contributed by atoms with Crippen molar-refractivity contribution in [2.45, 2.75) is 6.54 Å². The summed E-state index contributed by atoms with van der Waals surface area (Å²) in [5, 5.41) is 9.00. The molecule has 0 bridgehead atoms. The fourth-order valence-corrected chi connectivity index (χ4v) is 2.77. The molecule has 2 aromatic carbocycles. The summed E-state index contributed by atoms with van der Waals surface area (Å²) in [4.78, 5) is 16.5. The van der Waals surface area contributed by atoms with Crippen molar-refractivity contribution in [1.29, 1.82) is 0 Å². The van der Waals surface area contributed by atoms with Crippen LogP contribution in [-0.2, 0) is 6.54 Å². The van der Waals surface area contributed by atoms with E-state index in [-0.39, 0.29) is 18.0 Å². The maximum atomic E-state index is 12.2.